The standard InChI is InChI=1S/C23H19NO6/c1-27-17-8-9-18(23(26)15-5-3-2-4-6-15)20(12-17)28-13-22(25)24-16-7-10-19-21(11-16)30-14-29-19/h2-12H,13-14H2,1H3,(H,24,25). The molecule has 0 aromatic heterocycles. The SMILES string of the molecule is COc1ccc(C(=O)c2ccccc2)c(OCC(=O)Nc2ccc3c(c2)OCO3)c1. The van der Waals surface area contributed by atoms with Crippen molar-refractivity contribution in [1.29, 1.82) is 0 Å². The molecule has 1 aliphatic heterocycles. The van der Waals surface area contributed by atoms with Gasteiger partial charge in [-0.1, -0.05) is 30.3 Å². The minimum Gasteiger partial charge on any atom is -0.497 e. The summed E-state index contributed by atoms with van der Waals surface area (Å²) in [4.78, 5) is 25.2. The van der Waals surface area contributed by atoms with Gasteiger partial charge in [0.25, 0.3) is 5.91 Å². The van der Waals surface area contributed by atoms with Gasteiger partial charge in [-0.2, -0.15) is 0 Å². The molecule has 0 bridgehead atoms. The van der Waals surface area contributed by atoms with E-state index in [1.807, 2.05) is 6.07 Å². The van der Waals surface area contributed by atoms with Gasteiger partial charge in [0.2, 0.25) is 6.79 Å². The molecule has 3 aromatic rings. The van der Waals surface area contributed by atoms with Gasteiger partial charge < -0.3 is 24.3 Å². The smallest absolute Gasteiger partial charge is 0.262 e. The summed E-state index contributed by atoms with van der Waals surface area (Å²) in [6.07, 6.45) is 0. The van der Waals surface area contributed by atoms with Crippen LogP contribution in [0.2, 0.25) is 0 Å². The van der Waals surface area contributed by atoms with E-state index in [1.54, 1.807) is 60.7 Å². The Morgan fingerprint density at radius 2 is 1.77 bits per heavy atom. The highest BCUT2D eigenvalue weighted by Crippen LogP contribution is 2.34. The molecule has 0 atom stereocenters. The fraction of sp³-hybridized carbons (Fsp3) is 0.130. The molecular formula is C23H19NO6. The lowest BCUT2D eigenvalue weighted by atomic mass is 10.0. The van der Waals surface area contributed by atoms with Gasteiger partial charge in [0.05, 0.1) is 12.7 Å². The maximum absolute atomic E-state index is 12.9. The zero-order chi connectivity index (χ0) is 20.9. The molecule has 0 radical (unpaired) electrons. The molecule has 0 fully saturated rings. The molecule has 3 aromatic carbocycles. The summed E-state index contributed by atoms with van der Waals surface area (Å²) >= 11 is 0. The Morgan fingerprint density at radius 3 is 2.57 bits per heavy atom. The van der Waals surface area contributed by atoms with Crippen LogP contribution >= 0.6 is 0 Å². The van der Waals surface area contributed by atoms with Crippen molar-refractivity contribution in [2.75, 3.05) is 25.8 Å². The second-order valence-electron chi connectivity index (χ2n) is 6.46. The van der Waals surface area contributed by atoms with Crippen LogP contribution in [0.5, 0.6) is 23.0 Å². The monoisotopic (exact) mass is 405 g/mol. The highest BCUT2D eigenvalue weighted by atomic mass is 16.7. The van der Waals surface area contributed by atoms with Crippen molar-refractivity contribution in [3.05, 3.63) is 77.9 Å². The molecule has 1 aliphatic rings. The van der Waals surface area contributed by atoms with Crippen molar-refractivity contribution >= 4 is 17.4 Å². The van der Waals surface area contributed by atoms with Crippen LogP contribution in [0.3, 0.4) is 0 Å². The van der Waals surface area contributed by atoms with Gasteiger partial charge in [-0.25, -0.2) is 0 Å². The van der Waals surface area contributed by atoms with Gasteiger partial charge in [0.15, 0.2) is 23.9 Å². The normalized spacial score (nSPS) is 11.6. The fourth-order valence-corrected chi connectivity index (χ4v) is 3.00. The topological polar surface area (TPSA) is 83.1 Å². The average molecular weight is 405 g/mol. The molecule has 4 rings (SSSR count). The number of carbonyl (C=O) groups excluding carboxylic acids is 2. The summed E-state index contributed by atoms with van der Waals surface area (Å²) in [5.41, 5.74) is 1.43. The van der Waals surface area contributed by atoms with Gasteiger partial charge in [-0.3, -0.25) is 9.59 Å². The molecule has 7 heteroatoms. The summed E-state index contributed by atoms with van der Waals surface area (Å²) in [5, 5.41) is 2.74. The molecule has 0 aliphatic carbocycles. The minimum atomic E-state index is -0.380. The molecule has 1 heterocycles. The first kappa shape index (κ1) is 19.3. The van der Waals surface area contributed by atoms with Crippen LogP contribution in [-0.2, 0) is 4.79 Å². The first-order valence-electron chi connectivity index (χ1n) is 9.24. The van der Waals surface area contributed by atoms with Crippen molar-refractivity contribution in [2.45, 2.75) is 0 Å². The zero-order valence-electron chi connectivity index (χ0n) is 16.2. The Labute approximate surface area is 173 Å². The highest BCUT2D eigenvalue weighted by Gasteiger charge is 2.18. The largest absolute Gasteiger partial charge is 0.497 e. The van der Waals surface area contributed by atoms with Crippen LogP contribution in [-0.4, -0.2) is 32.2 Å². The van der Waals surface area contributed by atoms with Crippen molar-refractivity contribution < 1.29 is 28.5 Å². The fourth-order valence-electron chi connectivity index (χ4n) is 3.00. The number of nitrogens with one attached hydrogen (secondary N) is 1. The van der Waals surface area contributed by atoms with E-state index in [9.17, 15) is 9.59 Å². The number of ketones is 1. The number of fused-ring (bicyclic) bond motifs is 1. The third kappa shape index (κ3) is 4.20. The van der Waals surface area contributed by atoms with E-state index in [2.05, 4.69) is 5.32 Å². The molecule has 0 saturated carbocycles. The summed E-state index contributed by atoms with van der Waals surface area (Å²) in [6.45, 7) is -0.124. The Bertz CT molecular complexity index is 1080. The molecule has 0 unspecified atom stereocenters. The second kappa shape index (κ2) is 8.57. The Balaban J connectivity index is 1.48. The highest BCUT2D eigenvalue weighted by molar-refractivity contribution is 6.10. The van der Waals surface area contributed by atoms with Crippen molar-refractivity contribution in [3.63, 3.8) is 0 Å². The lowest BCUT2D eigenvalue weighted by Crippen LogP contribution is -2.21. The molecule has 0 saturated heterocycles. The predicted molar refractivity (Wildman–Crippen MR) is 110 cm³/mol. The first-order chi connectivity index (χ1) is 14.6. The Morgan fingerprint density at radius 1 is 0.967 bits per heavy atom. The molecular weight excluding hydrogens is 386 g/mol. The van der Waals surface area contributed by atoms with Crippen molar-refractivity contribution in [1.82, 2.24) is 0 Å². The van der Waals surface area contributed by atoms with E-state index >= 15 is 0 Å². The lowest BCUT2D eigenvalue weighted by Gasteiger charge is -2.13. The van der Waals surface area contributed by atoms with E-state index in [1.165, 1.54) is 7.11 Å². The van der Waals surface area contributed by atoms with E-state index in [-0.39, 0.29) is 30.8 Å². The number of carbonyl (C=O) groups is 2. The van der Waals surface area contributed by atoms with Crippen molar-refractivity contribution in [2.24, 2.45) is 0 Å². The summed E-state index contributed by atoms with van der Waals surface area (Å²) in [5.74, 6) is 1.40. The second-order valence-corrected chi connectivity index (χ2v) is 6.46. The third-order valence-electron chi connectivity index (χ3n) is 4.48. The Hall–Kier alpha value is -4.00. The molecule has 0 spiro atoms. The van der Waals surface area contributed by atoms with Gasteiger partial charge in [-0.15, -0.1) is 0 Å². The number of methoxy groups -OCH3 is 1. The van der Waals surface area contributed by atoms with E-state index in [0.29, 0.717) is 34.1 Å². The lowest BCUT2D eigenvalue weighted by molar-refractivity contribution is -0.118. The summed E-state index contributed by atoms with van der Waals surface area (Å²) in [7, 11) is 1.52. The quantitative estimate of drug-likeness (QED) is 0.604. The van der Waals surface area contributed by atoms with Gasteiger partial charge in [0.1, 0.15) is 11.5 Å². The maximum atomic E-state index is 12.9. The summed E-state index contributed by atoms with van der Waals surface area (Å²) < 4.78 is 21.5. The number of amides is 1. The van der Waals surface area contributed by atoms with Gasteiger partial charge in [-0.05, 0) is 24.3 Å². The number of hydrogen-bond donors (Lipinski definition) is 1. The minimum absolute atomic E-state index is 0.157. The van der Waals surface area contributed by atoms with Crippen molar-refractivity contribution in [3.8, 4) is 23.0 Å². The number of anilines is 1. The van der Waals surface area contributed by atoms with E-state index in [0.717, 1.165) is 0 Å². The zero-order valence-corrected chi connectivity index (χ0v) is 16.2. The van der Waals surface area contributed by atoms with Crippen LogP contribution in [0.4, 0.5) is 5.69 Å². The number of ether oxygens (including phenoxy) is 4. The molecule has 30 heavy (non-hydrogen) atoms. The third-order valence-corrected chi connectivity index (χ3v) is 4.48. The number of hydrogen-bond acceptors (Lipinski definition) is 6. The van der Waals surface area contributed by atoms with E-state index in [4.69, 9.17) is 18.9 Å². The van der Waals surface area contributed by atoms with E-state index < -0.39 is 0 Å². The molecule has 152 valence electrons. The molecule has 1 N–H and O–H groups in total. The predicted octanol–water partition coefficient (Wildman–Crippen LogP) is 3.67. The van der Waals surface area contributed by atoms with Gasteiger partial charge >= 0.3 is 0 Å². The molecule has 7 nitrogen and oxygen atoms in total. The maximum Gasteiger partial charge on any atom is 0.262 e. The van der Waals surface area contributed by atoms with Crippen LogP contribution in [0.1, 0.15) is 15.9 Å². The average Bonchev–Trinajstić information content (AvgIpc) is 3.25. The first-order valence-corrected chi connectivity index (χ1v) is 9.24. The van der Waals surface area contributed by atoms with Crippen LogP contribution in [0.15, 0.2) is 66.7 Å². The summed E-state index contributed by atoms with van der Waals surface area (Å²) in [6, 6.07) is 18.9. The number of benzene rings is 3. The Kier molecular flexibility index (Phi) is 5.52. The van der Waals surface area contributed by atoms with Gasteiger partial charge in [0, 0.05) is 23.4 Å². The van der Waals surface area contributed by atoms with Crippen LogP contribution in [0.25, 0.3) is 0 Å². The number of rotatable bonds is 7. The van der Waals surface area contributed by atoms with Crippen LogP contribution < -0.4 is 24.3 Å². The van der Waals surface area contributed by atoms with Crippen LogP contribution in [0, 0.1) is 0 Å². The molecule has 1 amide bonds.